The minimum absolute atomic E-state index is 0.124. The van der Waals surface area contributed by atoms with Gasteiger partial charge in [0.05, 0.1) is 6.04 Å². The van der Waals surface area contributed by atoms with Crippen LogP contribution in [0.15, 0.2) is 60.7 Å². The number of carbonyl (C=O) groups is 3. The van der Waals surface area contributed by atoms with Crippen molar-refractivity contribution in [3.8, 4) is 0 Å². The number of rotatable bonds is 10. The van der Waals surface area contributed by atoms with Crippen LogP contribution in [0.4, 0.5) is 0 Å². The summed E-state index contributed by atoms with van der Waals surface area (Å²) in [4.78, 5) is 43.6. The molecule has 194 valence electrons. The molecule has 0 aromatic heterocycles. The average molecular weight is 494 g/mol. The summed E-state index contributed by atoms with van der Waals surface area (Å²) in [5.74, 6) is -0.776. The van der Waals surface area contributed by atoms with Crippen molar-refractivity contribution in [1.82, 2.24) is 25.8 Å². The topological polar surface area (TPSA) is 93.8 Å². The molecule has 0 saturated carbocycles. The summed E-state index contributed by atoms with van der Waals surface area (Å²) in [5, 5.41) is 8.82. The molecule has 3 rings (SSSR count). The second-order valence-corrected chi connectivity index (χ2v) is 9.71. The SMILES string of the molecule is CN[C@@H](C)C(=O)N[C@H](C(=O)N1CCN(Cc2ccccc2)C[C@H]1C(=O)NCc1ccccc1)C(C)C. The zero-order chi connectivity index (χ0) is 26.1. The normalized spacial score (nSPS) is 17.9. The van der Waals surface area contributed by atoms with Crippen molar-refractivity contribution in [3.05, 3.63) is 71.8 Å². The molecule has 8 nitrogen and oxygen atoms in total. The summed E-state index contributed by atoms with van der Waals surface area (Å²) in [7, 11) is 1.70. The van der Waals surface area contributed by atoms with Crippen LogP contribution in [0.3, 0.4) is 0 Å². The first-order valence-corrected chi connectivity index (χ1v) is 12.7. The van der Waals surface area contributed by atoms with Crippen LogP contribution in [0.5, 0.6) is 0 Å². The molecule has 36 heavy (non-hydrogen) atoms. The number of amides is 3. The number of likely N-dealkylation sites (N-methyl/N-ethyl adjacent to an activating group) is 1. The molecule has 0 bridgehead atoms. The van der Waals surface area contributed by atoms with E-state index in [9.17, 15) is 14.4 Å². The Kier molecular flexibility index (Phi) is 10.0. The van der Waals surface area contributed by atoms with Crippen LogP contribution in [0.1, 0.15) is 31.9 Å². The third-order valence-electron chi connectivity index (χ3n) is 6.67. The van der Waals surface area contributed by atoms with Gasteiger partial charge in [-0.25, -0.2) is 0 Å². The second-order valence-electron chi connectivity index (χ2n) is 9.71. The van der Waals surface area contributed by atoms with E-state index in [1.54, 1.807) is 18.9 Å². The lowest BCUT2D eigenvalue weighted by Crippen LogP contribution is -2.64. The summed E-state index contributed by atoms with van der Waals surface area (Å²) in [6, 6.07) is 18.0. The van der Waals surface area contributed by atoms with E-state index < -0.39 is 18.1 Å². The summed E-state index contributed by atoms with van der Waals surface area (Å²) in [6.45, 7) is 8.14. The third kappa shape index (κ3) is 7.38. The molecule has 0 aliphatic carbocycles. The van der Waals surface area contributed by atoms with Crippen molar-refractivity contribution in [2.24, 2.45) is 5.92 Å². The second kappa shape index (κ2) is 13.2. The Labute approximate surface area is 214 Å². The van der Waals surface area contributed by atoms with Crippen LogP contribution in [0, 0.1) is 5.92 Å². The molecule has 0 spiro atoms. The maximum absolute atomic E-state index is 13.7. The fourth-order valence-electron chi connectivity index (χ4n) is 4.32. The van der Waals surface area contributed by atoms with Gasteiger partial charge in [-0.15, -0.1) is 0 Å². The fourth-order valence-corrected chi connectivity index (χ4v) is 4.32. The van der Waals surface area contributed by atoms with Crippen LogP contribution in [0.25, 0.3) is 0 Å². The molecule has 1 aliphatic heterocycles. The summed E-state index contributed by atoms with van der Waals surface area (Å²) < 4.78 is 0. The highest BCUT2D eigenvalue weighted by Gasteiger charge is 2.39. The van der Waals surface area contributed by atoms with Crippen LogP contribution >= 0.6 is 0 Å². The van der Waals surface area contributed by atoms with Crippen molar-refractivity contribution in [3.63, 3.8) is 0 Å². The Morgan fingerprint density at radius 1 is 0.917 bits per heavy atom. The summed E-state index contributed by atoms with van der Waals surface area (Å²) >= 11 is 0. The first kappa shape index (κ1) is 27.4. The van der Waals surface area contributed by atoms with Gasteiger partial charge in [-0.3, -0.25) is 19.3 Å². The molecule has 3 atom stereocenters. The van der Waals surface area contributed by atoms with E-state index in [0.717, 1.165) is 11.1 Å². The van der Waals surface area contributed by atoms with E-state index in [1.165, 1.54) is 0 Å². The molecular weight excluding hydrogens is 454 g/mol. The highest BCUT2D eigenvalue weighted by molar-refractivity contribution is 5.93. The highest BCUT2D eigenvalue weighted by atomic mass is 16.2. The standard InChI is InChI=1S/C28H39N5O3/c1-20(2)25(31-26(34)21(3)29-4)28(36)33-16-15-32(18-23-13-9-6-10-14-23)19-24(33)27(35)30-17-22-11-7-5-8-12-22/h5-14,20-21,24-25,29H,15-19H2,1-4H3,(H,30,35)(H,31,34)/t21-,24-,25-/m0/s1. The Morgan fingerprint density at radius 2 is 1.53 bits per heavy atom. The van der Waals surface area contributed by atoms with Gasteiger partial charge in [-0.05, 0) is 31.0 Å². The van der Waals surface area contributed by atoms with Gasteiger partial charge in [0.15, 0.2) is 0 Å². The van der Waals surface area contributed by atoms with Gasteiger partial charge in [0.2, 0.25) is 17.7 Å². The van der Waals surface area contributed by atoms with Crippen LogP contribution in [-0.2, 0) is 27.5 Å². The highest BCUT2D eigenvalue weighted by Crippen LogP contribution is 2.18. The molecule has 3 amide bonds. The molecule has 1 heterocycles. The van der Waals surface area contributed by atoms with Gasteiger partial charge in [0, 0.05) is 32.7 Å². The number of nitrogens with zero attached hydrogens (tertiary/aromatic N) is 2. The Hall–Kier alpha value is -3.23. The maximum atomic E-state index is 13.7. The first-order chi connectivity index (χ1) is 17.3. The Balaban J connectivity index is 1.78. The van der Waals surface area contributed by atoms with E-state index in [2.05, 4.69) is 33.0 Å². The fraction of sp³-hybridized carbons (Fsp3) is 0.464. The lowest BCUT2D eigenvalue weighted by atomic mass is 9.99. The average Bonchev–Trinajstić information content (AvgIpc) is 2.90. The van der Waals surface area contributed by atoms with Gasteiger partial charge < -0.3 is 20.9 Å². The predicted octanol–water partition coefficient (Wildman–Crippen LogP) is 1.76. The van der Waals surface area contributed by atoms with Crippen molar-refractivity contribution >= 4 is 17.7 Å². The monoisotopic (exact) mass is 493 g/mol. The van der Waals surface area contributed by atoms with E-state index in [-0.39, 0.29) is 23.6 Å². The molecule has 3 N–H and O–H groups in total. The van der Waals surface area contributed by atoms with E-state index in [1.807, 2.05) is 62.4 Å². The third-order valence-corrected chi connectivity index (χ3v) is 6.67. The maximum Gasteiger partial charge on any atom is 0.246 e. The quantitative estimate of drug-likeness (QED) is 0.469. The number of hydrogen-bond acceptors (Lipinski definition) is 5. The molecular formula is C28H39N5O3. The van der Waals surface area contributed by atoms with Crippen LogP contribution in [0.2, 0.25) is 0 Å². The van der Waals surface area contributed by atoms with Crippen molar-refractivity contribution in [2.45, 2.75) is 52.0 Å². The molecule has 0 radical (unpaired) electrons. The smallest absolute Gasteiger partial charge is 0.246 e. The lowest BCUT2D eigenvalue weighted by molar-refractivity contribution is -0.147. The number of nitrogens with one attached hydrogen (secondary N) is 3. The molecule has 2 aromatic rings. The Bertz CT molecular complexity index is 999. The number of piperazine rings is 1. The summed E-state index contributed by atoms with van der Waals surface area (Å²) in [5.41, 5.74) is 2.16. The van der Waals surface area contributed by atoms with Gasteiger partial charge in [0.25, 0.3) is 0 Å². The van der Waals surface area contributed by atoms with E-state index >= 15 is 0 Å². The largest absolute Gasteiger partial charge is 0.350 e. The minimum Gasteiger partial charge on any atom is -0.350 e. The molecule has 1 aliphatic rings. The van der Waals surface area contributed by atoms with Crippen molar-refractivity contribution in [2.75, 3.05) is 26.7 Å². The molecule has 1 saturated heterocycles. The molecule has 2 aromatic carbocycles. The predicted molar refractivity (Wildman–Crippen MR) is 141 cm³/mol. The summed E-state index contributed by atoms with van der Waals surface area (Å²) in [6.07, 6.45) is 0. The van der Waals surface area contributed by atoms with Crippen LogP contribution < -0.4 is 16.0 Å². The van der Waals surface area contributed by atoms with Gasteiger partial charge in [0.1, 0.15) is 12.1 Å². The zero-order valence-electron chi connectivity index (χ0n) is 21.7. The van der Waals surface area contributed by atoms with Crippen molar-refractivity contribution in [1.29, 1.82) is 0 Å². The number of benzene rings is 2. The van der Waals surface area contributed by atoms with Gasteiger partial charge in [-0.2, -0.15) is 0 Å². The van der Waals surface area contributed by atoms with E-state index in [4.69, 9.17) is 0 Å². The van der Waals surface area contributed by atoms with Gasteiger partial charge in [-0.1, -0.05) is 74.5 Å². The zero-order valence-corrected chi connectivity index (χ0v) is 21.7. The molecule has 8 heteroatoms. The van der Waals surface area contributed by atoms with Gasteiger partial charge >= 0.3 is 0 Å². The minimum atomic E-state index is -0.710. The first-order valence-electron chi connectivity index (χ1n) is 12.7. The van der Waals surface area contributed by atoms with Crippen molar-refractivity contribution < 1.29 is 14.4 Å². The Morgan fingerprint density at radius 3 is 2.11 bits per heavy atom. The lowest BCUT2D eigenvalue weighted by Gasteiger charge is -2.42. The number of hydrogen-bond donors (Lipinski definition) is 3. The molecule has 0 unspecified atom stereocenters. The van der Waals surface area contributed by atoms with E-state index in [0.29, 0.717) is 32.7 Å². The molecule has 1 fully saturated rings. The number of carbonyl (C=O) groups excluding carboxylic acids is 3. The van der Waals surface area contributed by atoms with Crippen LogP contribution in [-0.4, -0.2) is 72.3 Å².